The lowest BCUT2D eigenvalue weighted by molar-refractivity contribution is 0.102. The van der Waals surface area contributed by atoms with Gasteiger partial charge in [0, 0.05) is 16.0 Å². The van der Waals surface area contributed by atoms with Crippen LogP contribution in [0.3, 0.4) is 0 Å². The number of hydrogen-bond donors (Lipinski definition) is 1. The van der Waals surface area contributed by atoms with Crippen LogP contribution >= 0.6 is 27.3 Å². The van der Waals surface area contributed by atoms with Crippen molar-refractivity contribution in [3.63, 3.8) is 0 Å². The Labute approximate surface area is 164 Å². The second kappa shape index (κ2) is 7.88. The van der Waals surface area contributed by atoms with Gasteiger partial charge in [0.25, 0.3) is 5.91 Å². The van der Waals surface area contributed by atoms with Gasteiger partial charge in [-0.25, -0.2) is 4.98 Å². The first-order valence-corrected chi connectivity index (χ1v) is 9.39. The number of ether oxygens (including phenoxy) is 2. The molecule has 0 aliphatic rings. The summed E-state index contributed by atoms with van der Waals surface area (Å²) in [6.07, 6.45) is 0. The molecule has 0 saturated heterocycles. The topological polar surface area (TPSA) is 60.5 Å². The normalized spacial score (nSPS) is 10.5. The molecule has 2 aromatic carbocycles. The molecule has 26 heavy (non-hydrogen) atoms. The van der Waals surface area contributed by atoms with Gasteiger partial charge < -0.3 is 9.47 Å². The minimum Gasteiger partial charge on any atom is -0.497 e. The number of carbonyl (C=O) groups is 1. The van der Waals surface area contributed by atoms with Crippen molar-refractivity contribution in [2.24, 2.45) is 0 Å². The lowest BCUT2D eigenvalue weighted by Crippen LogP contribution is -2.11. The third-order valence-corrected chi connectivity index (χ3v) is 5.30. The largest absolute Gasteiger partial charge is 0.497 e. The maximum atomic E-state index is 12.5. The molecule has 0 aliphatic carbocycles. The van der Waals surface area contributed by atoms with E-state index in [0.29, 0.717) is 16.4 Å². The van der Waals surface area contributed by atoms with E-state index in [2.05, 4.69) is 26.2 Å². The molecule has 0 radical (unpaired) electrons. The number of carbonyl (C=O) groups excluding carboxylic acids is 1. The molecule has 1 heterocycles. The summed E-state index contributed by atoms with van der Waals surface area (Å²) in [4.78, 5) is 18.1. The SMILES string of the molecule is COc1ccc(-c2nc(NC(=O)c3ccc(OC)c(Br)c3)sc2C)cc1. The van der Waals surface area contributed by atoms with E-state index in [-0.39, 0.29) is 5.91 Å². The fourth-order valence-corrected chi connectivity index (χ4v) is 3.82. The van der Waals surface area contributed by atoms with Crippen molar-refractivity contribution >= 4 is 38.3 Å². The van der Waals surface area contributed by atoms with Crippen molar-refractivity contribution in [2.75, 3.05) is 19.5 Å². The standard InChI is InChI=1S/C19H17BrN2O3S/c1-11-17(12-4-7-14(24-2)8-5-12)21-19(26-11)22-18(23)13-6-9-16(25-3)15(20)10-13/h4-10H,1-3H3,(H,21,22,23). The molecular weight excluding hydrogens is 416 g/mol. The zero-order valence-corrected chi connectivity index (χ0v) is 16.9. The monoisotopic (exact) mass is 432 g/mol. The summed E-state index contributed by atoms with van der Waals surface area (Å²) in [6, 6.07) is 12.9. The summed E-state index contributed by atoms with van der Waals surface area (Å²) in [6.45, 7) is 1.98. The van der Waals surface area contributed by atoms with Gasteiger partial charge in [0.1, 0.15) is 11.5 Å². The van der Waals surface area contributed by atoms with Crippen LogP contribution in [0, 0.1) is 6.92 Å². The molecule has 0 unspecified atom stereocenters. The molecule has 3 aromatic rings. The number of nitrogens with one attached hydrogen (secondary N) is 1. The lowest BCUT2D eigenvalue weighted by Gasteiger charge is -2.06. The fourth-order valence-electron chi connectivity index (χ4n) is 2.44. The summed E-state index contributed by atoms with van der Waals surface area (Å²) in [7, 11) is 3.22. The van der Waals surface area contributed by atoms with Crippen molar-refractivity contribution in [1.29, 1.82) is 0 Å². The van der Waals surface area contributed by atoms with Crippen molar-refractivity contribution in [2.45, 2.75) is 6.92 Å². The number of benzene rings is 2. The van der Waals surface area contributed by atoms with Crippen LogP contribution in [0.2, 0.25) is 0 Å². The van der Waals surface area contributed by atoms with E-state index < -0.39 is 0 Å². The molecule has 0 bridgehead atoms. The molecule has 0 fully saturated rings. The maximum absolute atomic E-state index is 12.5. The van der Waals surface area contributed by atoms with Crippen LogP contribution in [0.5, 0.6) is 11.5 Å². The third-order valence-electron chi connectivity index (χ3n) is 3.79. The third kappa shape index (κ3) is 3.89. The molecule has 0 saturated carbocycles. The molecule has 0 aliphatic heterocycles. The van der Waals surface area contributed by atoms with Gasteiger partial charge in [0.2, 0.25) is 0 Å². The average Bonchev–Trinajstić information content (AvgIpc) is 3.01. The minimum absolute atomic E-state index is 0.219. The van der Waals surface area contributed by atoms with E-state index in [9.17, 15) is 4.79 Å². The highest BCUT2D eigenvalue weighted by molar-refractivity contribution is 9.10. The van der Waals surface area contributed by atoms with Gasteiger partial charge in [0.05, 0.1) is 24.4 Å². The quantitative estimate of drug-likeness (QED) is 0.605. The Morgan fingerprint density at radius 2 is 1.85 bits per heavy atom. The van der Waals surface area contributed by atoms with Gasteiger partial charge in [-0.15, -0.1) is 11.3 Å². The summed E-state index contributed by atoms with van der Waals surface area (Å²) in [5.74, 6) is 1.25. The number of aromatic nitrogens is 1. The Hall–Kier alpha value is -2.38. The number of aryl methyl sites for hydroxylation is 1. The van der Waals surface area contributed by atoms with Crippen LogP contribution in [0.15, 0.2) is 46.9 Å². The second-order valence-corrected chi connectivity index (χ2v) is 7.51. The van der Waals surface area contributed by atoms with E-state index in [1.165, 1.54) is 11.3 Å². The van der Waals surface area contributed by atoms with E-state index in [0.717, 1.165) is 26.4 Å². The first-order chi connectivity index (χ1) is 12.5. The number of hydrogen-bond acceptors (Lipinski definition) is 5. The number of nitrogens with zero attached hydrogens (tertiary/aromatic N) is 1. The number of halogens is 1. The highest BCUT2D eigenvalue weighted by Crippen LogP contribution is 2.32. The molecule has 3 rings (SSSR count). The molecule has 7 heteroatoms. The highest BCUT2D eigenvalue weighted by atomic mass is 79.9. The average molecular weight is 433 g/mol. The Morgan fingerprint density at radius 1 is 1.12 bits per heavy atom. The Bertz CT molecular complexity index is 938. The van der Waals surface area contributed by atoms with Crippen LogP contribution in [-0.4, -0.2) is 25.1 Å². The van der Waals surface area contributed by atoms with Crippen molar-refractivity contribution < 1.29 is 14.3 Å². The van der Waals surface area contributed by atoms with Gasteiger partial charge in [-0.3, -0.25) is 10.1 Å². The molecule has 1 amide bonds. The summed E-state index contributed by atoms with van der Waals surface area (Å²) >= 11 is 4.83. The van der Waals surface area contributed by atoms with Gasteiger partial charge in [-0.05, 0) is 65.3 Å². The second-order valence-electron chi connectivity index (χ2n) is 5.46. The predicted molar refractivity (Wildman–Crippen MR) is 107 cm³/mol. The molecule has 0 spiro atoms. The molecule has 5 nitrogen and oxygen atoms in total. The molecule has 134 valence electrons. The van der Waals surface area contributed by atoms with Gasteiger partial charge >= 0.3 is 0 Å². The molecule has 0 atom stereocenters. The molecule has 1 aromatic heterocycles. The molecule has 1 N–H and O–H groups in total. The highest BCUT2D eigenvalue weighted by Gasteiger charge is 2.14. The van der Waals surface area contributed by atoms with Crippen molar-refractivity contribution in [1.82, 2.24) is 4.98 Å². The van der Waals surface area contributed by atoms with Gasteiger partial charge in [-0.1, -0.05) is 0 Å². The smallest absolute Gasteiger partial charge is 0.257 e. The van der Waals surface area contributed by atoms with Gasteiger partial charge in [-0.2, -0.15) is 0 Å². The number of anilines is 1. The number of thiazole rings is 1. The van der Waals surface area contributed by atoms with E-state index in [1.54, 1.807) is 32.4 Å². The van der Waals surface area contributed by atoms with Crippen molar-refractivity contribution in [3.8, 4) is 22.8 Å². The maximum Gasteiger partial charge on any atom is 0.257 e. The molecular formula is C19H17BrN2O3S. The first-order valence-electron chi connectivity index (χ1n) is 7.78. The Balaban J connectivity index is 1.80. The first kappa shape index (κ1) is 18.4. The number of rotatable bonds is 5. The fraction of sp³-hybridized carbons (Fsp3) is 0.158. The van der Waals surface area contributed by atoms with Crippen LogP contribution < -0.4 is 14.8 Å². The zero-order chi connectivity index (χ0) is 18.7. The number of amides is 1. The van der Waals surface area contributed by atoms with Crippen LogP contribution in [0.4, 0.5) is 5.13 Å². The zero-order valence-electron chi connectivity index (χ0n) is 14.5. The lowest BCUT2D eigenvalue weighted by atomic mass is 10.1. The summed E-state index contributed by atoms with van der Waals surface area (Å²) in [5, 5.41) is 3.42. The Kier molecular flexibility index (Phi) is 5.58. The predicted octanol–water partition coefficient (Wildman–Crippen LogP) is 5.15. The van der Waals surface area contributed by atoms with Gasteiger partial charge in [0.15, 0.2) is 5.13 Å². The summed E-state index contributed by atoms with van der Waals surface area (Å²) in [5.41, 5.74) is 2.35. The van der Waals surface area contributed by atoms with Crippen molar-refractivity contribution in [3.05, 3.63) is 57.4 Å². The van der Waals surface area contributed by atoms with E-state index in [1.807, 2.05) is 31.2 Å². The van der Waals surface area contributed by atoms with Crippen LogP contribution in [-0.2, 0) is 0 Å². The van der Waals surface area contributed by atoms with E-state index >= 15 is 0 Å². The summed E-state index contributed by atoms with van der Waals surface area (Å²) < 4.78 is 11.1. The van der Waals surface area contributed by atoms with E-state index in [4.69, 9.17) is 9.47 Å². The van der Waals surface area contributed by atoms with Crippen LogP contribution in [0.1, 0.15) is 15.2 Å². The number of methoxy groups -OCH3 is 2. The van der Waals surface area contributed by atoms with Crippen LogP contribution in [0.25, 0.3) is 11.3 Å². The minimum atomic E-state index is -0.219. The Morgan fingerprint density at radius 3 is 2.46 bits per heavy atom.